The molecule has 66 valence electrons. The van der Waals surface area contributed by atoms with Crippen molar-refractivity contribution in [2.75, 3.05) is 13.7 Å². The van der Waals surface area contributed by atoms with E-state index in [-0.39, 0.29) is 12.4 Å². The lowest BCUT2D eigenvalue weighted by atomic mass is 10.1. The number of hydrogen-bond acceptors (Lipinski definition) is 3. The minimum absolute atomic E-state index is 0.0845. The SMILES string of the molecule is COc1cc(O)ccc1CCO. The molecule has 0 saturated heterocycles. The Balaban J connectivity index is 2.94. The highest BCUT2D eigenvalue weighted by atomic mass is 16.5. The Bertz CT molecular complexity index is 258. The number of aliphatic hydroxyl groups is 1. The zero-order valence-corrected chi connectivity index (χ0v) is 6.95. The van der Waals surface area contributed by atoms with Crippen LogP contribution in [0.25, 0.3) is 0 Å². The summed E-state index contributed by atoms with van der Waals surface area (Å²) in [6, 6.07) is 4.85. The predicted molar refractivity (Wildman–Crippen MR) is 45.4 cm³/mol. The standard InChI is InChI=1S/C9H12O3/c1-12-9-6-8(11)3-2-7(9)4-5-10/h2-3,6,10-11H,4-5H2,1H3. The van der Waals surface area contributed by atoms with Crippen molar-refractivity contribution in [2.45, 2.75) is 6.42 Å². The number of methoxy groups -OCH3 is 1. The van der Waals surface area contributed by atoms with Crippen LogP contribution < -0.4 is 4.74 Å². The molecule has 3 nitrogen and oxygen atoms in total. The third kappa shape index (κ3) is 1.89. The van der Waals surface area contributed by atoms with Crippen LogP contribution in [0, 0.1) is 0 Å². The molecule has 2 N–H and O–H groups in total. The van der Waals surface area contributed by atoms with Crippen LogP contribution in [0.2, 0.25) is 0 Å². The smallest absolute Gasteiger partial charge is 0.125 e. The normalized spacial score (nSPS) is 9.83. The van der Waals surface area contributed by atoms with E-state index >= 15 is 0 Å². The lowest BCUT2D eigenvalue weighted by molar-refractivity contribution is 0.296. The maximum Gasteiger partial charge on any atom is 0.125 e. The van der Waals surface area contributed by atoms with Crippen molar-refractivity contribution in [3.63, 3.8) is 0 Å². The van der Waals surface area contributed by atoms with Crippen LogP contribution in [-0.2, 0) is 6.42 Å². The quantitative estimate of drug-likeness (QED) is 0.706. The van der Waals surface area contributed by atoms with Crippen LogP contribution in [0.1, 0.15) is 5.56 Å². The van der Waals surface area contributed by atoms with Gasteiger partial charge in [0.05, 0.1) is 7.11 Å². The van der Waals surface area contributed by atoms with Crippen molar-refractivity contribution in [1.29, 1.82) is 0 Å². The van der Waals surface area contributed by atoms with E-state index in [4.69, 9.17) is 14.9 Å². The topological polar surface area (TPSA) is 49.7 Å². The summed E-state index contributed by atoms with van der Waals surface area (Å²) in [5.41, 5.74) is 0.901. The first-order valence-corrected chi connectivity index (χ1v) is 3.74. The lowest BCUT2D eigenvalue weighted by Crippen LogP contribution is -1.94. The van der Waals surface area contributed by atoms with Crippen molar-refractivity contribution in [2.24, 2.45) is 0 Å². The molecule has 0 aliphatic rings. The second-order valence-corrected chi connectivity index (χ2v) is 2.47. The predicted octanol–water partition coefficient (Wildman–Crippen LogP) is 0.936. The van der Waals surface area contributed by atoms with Crippen LogP contribution in [0.3, 0.4) is 0 Å². The van der Waals surface area contributed by atoms with E-state index in [0.29, 0.717) is 12.2 Å². The van der Waals surface area contributed by atoms with Gasteiger partial charge in [0.1, 0.15) is 11.5 Å². The number of hydrogen-bond donors (Lipinski definition) is 2. The Labute approximate surface area is 71.2 Å². The molecule has 0 aromatic heterocycles. The molecular formula is C9H12O3. The molecule has 0 fully saturated rings. The molecule has 0 saturated carbocycles. The van der Waals surface area contributed by atoms with Gasteiger partial charge in [0, 0.05) is 12.7 Å². The Hall–Kier alpha value is -1.22. The fraction of sp³-hybridized carbons (Fsp3) is 0.333. The summed E-state index contributed by atoms with van der Waals surface area (Å²) >= 11 is 0. The summed E-state index contributed by atoms with van der Waals surface area (Å²) in [7, 11) is 1.54. The van der Waals surface area contributed by atoms with Gasteiger partial charge in [-0.2, -0.15) is 0 Å². The summed E-state index contributed by atoms with van der Waals surface area (Å²) in [5.74, 6) is 0.789. The van der Waals surface area contributed by atoms with Crippen molar-refractivity contribution in [1.82, 2.24) is 0 Å². The number of rotatable bonds is 3. The zero-order valence-electron chi connectivity index (χ0n) is 6.95. The van der Waals surface area contributed by atoms with Gasteiger partial charge in [-0.15, -0.1) is 0 Å². The van der Waals surface area contributed by atoms with Crippen LogP contribution in [0.5, 0.6) is 11.5 Å². The molecule has 0 radical (unpaired) electrons. The minimum atomic E-state index is 0.0845. The number of phenols is 1. The fourth-order valence-corrected chi connectivity index (χ4v) is 1.06. The van der Waals surface area contributed by atoms with E-state index in [1.54, 1.807) is 12.1 Å². The molecule has 0 bridgehead atoms. The van der Waals surface area contributed by atoms with Crippen LogP contribution in [0.15, 0.2) is 18.2 Å². The van der Waals surface area contributed by atoms with E-state index in [0.717, 1.165) is 5.56 Å². The molecule has 0 amide bonds. The third-order valence-corrected chi connectivity index (χ3v) is 1.65. The van der Waals surface area contributed by atoms with Gasteiger partial charge in [-0.1, -0.05) is 6.07 Å². The second-order valence-electron chi connectivity index (χ2n) is 2.47. The van der Waals surface area contributed by atoms with Crippen LogP contribution in [-0.4, -0.2) is 23.9 Å². The van der Waals surface area contributed by atoms with Gasteiger partial charge < -0.3 is 14.9 Å². The van der Waals surface area contributed by atoms with Gasteiger partial charge in [0.25, 0.3) is 0 Å². The van der Waals surface area contributed by atoms with Gasteiger partial charge in [-0.3, -0.25) is 0 Å². The number of ether oxygens (including phenoxy) is 1. The average molecular weight is 168 g/mol. The highest BCUT2D eigenvalue weighted by Gasteiger charge is 2.02. The number of aromatic hydroxyl groups is 1. The molecular weight excluding hydrogens is 156 g/mol. The maximum atomic E-state index is 9.09. The number of aliphatic hydroxyl groups excluding tert-OH is 1. The Morgan fingerprint density at radius 3 is 2.75 bits per heavy atom. The summed E-state index contributed by atoms with van der Waals surface area (Å²) in [4.78, 5) is 0. The fourth-order valence-electron chi connectivity index (χ4n) is 1.06. The summed E-state index contributed by atoms with van der Waals surface area (Å²) in [6.07, 6.45) is 0.545. The monoisotopic (exact) mass is 168 g/mol. The molecule has 0 unspecified atom stereocenters. The summed E-state index contributed by atoms with van der Waals surface area (Å²) in [6.45, 7) is 0.0845. The third-order valence-electron chi connectivity index (χ3n) is 1.65. The van der Waals surface area contributed by atoms with E-state index in [1.165, 1.54) is 13.2 Å². The highest BCUT2D eigenvalue weighted by Crippen LogP contribution is 2.23. The molecule has 0 atom stereocenters. The molecule has 1 aromatic carbocycles. The average Bonchev–Trinajstić information content (AvgIpc) is 2.08. The molecule has 1 aromatic rings. The van der Waals surface area contributed by atoms with E-state index in [2.05, 4.69) is 0 Å². The van der Waals surface area contributed by atoms with Gasteiger partial charge >= 0.3 is 0 Å². The highest BCUT2D eigenvalue weighted by molar-refractivity contribution is 5.40. The van der Waals surface area contributed by atoms with E-state index in [9.17, 15) is 0 Å². The van der Waals surface area contributed by atoms with Crippen molar-refractivity contribution >= 4 is 0 Å². The molecule has 3 heteroatoms. The van der Waals surface area contributed by atoms with Gasteiger partial charge in [0.2, 0.25) is 0 Å². The van der Waals surface area contributed by atoms with Crippen molar-refractivity contribution in [3.05, 3.63) is 23.8 Å². The summed E-state index contributed by atoms with van der Waals surface area (Å²) < 4.78 is 5.01. The van der Waals surface area contributed by atoms with Gasteiger partial charge in [-0.05, 0) is 18.1 Å². The van der Waals surface area contributed by atoms with Crippen molar-refractivity contribution in [3.8, 4) is 11.5 Å². The van der Waals surface area contributed by atoms with Crippen molar-refractivity contribution < 1.29 is 14.9 Å². The minimum Gasteiger partial charge on any atom is -0.508 e. The molecule has 0 aliphatic carbocycles. The van der Waals surface area contributed by atoms with Gasteiger partial charge in [0.15, 0.2) is 0 Å². The lowest BCUT2D eigenvalue weighted by Gasteiger charge is -2.06. The van der Waals surface area contributed by atoms with E-state index in [1.807, 2.05) is 0 Å². The first kappa shape index (κ1) is 8.87. The molecule has 1 rings (SSSR count). The van der Waals surface area contributed by atoms with E-state index < -0.39 is 0 Å². The Morgan fingerprint density at radius 2 is 2.17 bits per heavy atom. The molecule has 0 spiro atoms. The number of phenolic OH excluding ortho intramolecular Hbond substituents is 1. The second kappa shape index (κ2) is 3.97. The first-order valence-electron chi connectivity index (χ1n) is 3.74. The summed E-state index contributed by atoms with van der Waals surface area (Å²) in [5, 5.41) is 17.8. The Morgan fingerprint density at radius 1 is 1.42 bits per heavy atom. The largest absolute Gasteiger partial charge is 0.508 e. The van der Waals surface area contributed by atoms with Gasteiger partial charge in [-0.25, -0.2) is 0 Å². The zero-order chi connectivity index (χ0) is 8.97. The molecule has 0 aliphatic heterocycles. The van der Waals surface area contributed by atoms with Crippen LogP contribution in [0.4, 0.5) is 0 Å². The molecule has 12 heavy (non-hydrogen) atoms. The molecule has 0 heterocycles. The maximum absolute atomic E-state index is 9.09. The first-order chi connectivity index (χ1) is 5.77. The van der Waals surface area contributed by atoms with Crippen LogP contribution >= 0.6 is 0 Å². The Kier molecular flexibility index (Phi) is 2.94. The number of benzene rings is 1.